The molecule has 0 spiro atoms. The summed E-state index contributed by atoms with van der Waals surface area (Å²) in [6.07, 6.45) is 70.1. The molecule has 17 nitrogen and oxygen atoms in total. The van der Waals surface area contributed by atoms with Gasteiger partial charge in [-0.25, -0.2) is 9.13 Å². The predicted molar refractivity (Wildman–Crippen MR) is 432 cm³/mol. The third-order valence-corrected chi connectivity index (χ3v) is 22.1. The molecule has 2 unspecified atom stereocenters. The van der Waals surface area contributed by atoms with Crippen molar-refractivity contribution in [3.8, 4) is 0 Å². The normalized spacial score (nSPS) is 13.8. The van der Waals surface area contributed by atoms with Crippen LogP contribution in [0.1, 0.15) is 459 Å². The lowest BCUT2D eigenvalue weighted by atomic mass is 10.0. The topological polar surface area (TPSA) is 237 Å². The van der Waals surface area contributed by atoms with Gasteiger partial charge in [0.1, 0.15) is 19.3 Å². The van der Waals surface area contributed by atoms with Gasteiger partial charge >= 0.3 is 39.5 Å². The SMILES string of the molecule is CCCCCCCCCCCCCCCCCCCCCCCCC(=O)O[C@H](COC(=O)CCCCCCCCCCCCCCCCCCCCC(C)C)COP(=O)(O)OC[C@@H](O)COP(=O)(O)OC[C@@H](COC(=O)CCCCCCC)OC(=O)CCCCCCCCCCCCCCCCC(C)C. The van der Waals surface area contributed by atoms with Gasteiger partial charge in [0.05, 0.1) is 26.4 Å². The second-order valence-electron chi connectivity index (χ2n) is 31.9. The van der Waals surface area contributed by atoms with Gasteiger partial charge in [0, 0.05) is 25.7 Å². The second kappa shape index (κ2) is 77.4. The van der Waals surface area contributed by atoms with Crippen LogP contribution in [0.4, 0.5) is 0 Å². The number of esters is 4. The zero-order valence-corrected chi connectivity index (χ0v) is 70.8. The molecule has 0 heterocycles. The molecule has 0 rings (SSSR count). The summed E-state index contributed by atoms with van der Waals surface area (Å²) < 4.78 is 68.6. The highest BCUT2D eigenvalue weighted by atomic mass is 31.2. The first-order chi connectivity index (χ1) is 50.9. The number of carbonyl (C=O) groups excluding carboxylic acids is 4. The zero-order valence-electron chi connectivity index (χ0n) is 69.0. The minimum absolute atomic E-state index is 0.107. The summed E-state index contributed by atoms with van der Waals surface area (Å²) in [4.78, 5) is 72.9. The molecule has 624 valence electrons. The van der Waals surface area contributed by atoms with Crippen molar-refractivity contribution >= 4 is 39.5 Å². The zero-order chi connectivity index (χ0) is 77.1. The largest absolute Gasteiger partial charge is 0.472 e. The maximum Gasteiger partial charge on any atom is 0.472 e. The van der Waals surface area contributed by atoms with Gasteiger partial charge in [-0.05, 0) is 37.5 Å². The molecule has 0 saturated carbocycles. The van der Waals surface area contributed by atoms with E-state index < -0.39 is 97.5 Å². The maximum atomic E-state index is 13.1. The summed E-state index contributed by atoms with van der Waals surface area (Å²) in [5, 5.41) is 10.6. The molecule has 0 aromatic carbocycles. The van der Waals surface area contributed by atoms with Crippen LogP contribution in [-0.2, 0) is 65.4 Å². The van der Waals surface area contributed by atoms with Crippen LogP contribution in [0, 0.1) is 11.8 Å². The Morgan fingerprint density at radius 2 is 0.438 bits per heavy atom. The van der Waals surface area contributed by atoms with Crippen LogP contribution in [-0.4, -0.2) is 96.7 Å². The van der Waals surface area contributed by atoms with E-state index in [4.69, 9.17) is 37.0 Å². The summed E-state index contributed by atoms with van der Waals surface area (Å²) in [6.45, 7) is 9.63. The van der Waals surface area contributed by atoms with Gasteiger partial charge < -0.3 is 33.8 Å². The van der Waals surface area contributed by atoms with Gasteiger partial charge in [-0.15, -0.1) is 0 Å². The van der Waals surface area contributed by atoms with Crippen molar-refractivity contribution in [2.24, 2.45) is 11.8 Å². The maximum absolute atomic E-state index is 13.1. The lowest BCUT2D eigenvalue weighted by molar-refractivity contribution is -0.161. The molecule has 0 radical (unpaired) electrons. The van der Waals surface area contributed by atoms with Gasteiger partial charge in [0.25, 0.3) is 0 Å². The van der Waals surface area contributed by atoms with Gasteiger partial charge in [0.15, 0.2) is 12.2 Å². The quantitative estimate of drug-likeness (QED) is 0.0222. The Hall–Kier alpha value is -1.94. The van der Waals surface area contributed by atoms with Crippen LogP contribution in [0.15, 0.2) is 0 Å². The summed E-state index contributed by atoms with van der Waals surface area (Å²) in [6, 6.07) is 0. The Labute approximate surface area is 645 Å². The molecule has 0 saturated heterocycles. The summed E-state index contributed by atoms with van der Waals surface area (Å²) in [5.41, 5.74) is 0. The van der Waals surface area contributed by atoms with Crippen LogP contribution in [0.3, 0.4) is 0 Å². The van der Waals surface area contributed by atoms with Crippen LogP contribution >= 0.6 is 15.6 Å². The minimum Gasteiger partial charge on any atom is -0.462 e. The smallest absolute Gasteiger partial charge is 0.462 e. The summed E-state index contributed by atoms with van der Waals surface area (Å²) in [5.74, 6) is -0.497. The molecule has 0 aromatic rings. The van der Waals surface area contributed by atoms with Crippen molar-refractivity contribution < 1.29 is 80.2 Å². The van der Waals surface area contributed by atoms with E-state index in [1.165, 1.54) is 270 Å². The number of aliphatic hydroxyl groups excluding tert-OH is 1. The lowest BCUT2D eigenvalue weighted by Crippen LogP contribution is -2.30. The number of aliphatic hydroxyl groups is 1. The van der Waals surface area contributed by atoms with Crippen LogP contribution in [0.2, 0.25) is 0 Å². The Morgan fingerprint density at radius 3 is 0.648 bits per heavy atom. The third-order valence-electron chi connectivity index (χ3n) is 20.2. The van der Waals surface area contributed by atoms with E-state index in [9.17, 15) is 43.2 Å². The molecule has 105 heavy (non-hydrogen) atoms. The Bertz CT molecular complexity index is 2010. The Balaban J connectivity index is 5.10. The van der Waals surface area contributed by atoms with Crippen molar-refractivity contribution in [2.75, 3.05) is 39.6 Å². The number of hydrogen-bond acceptors (Lipinski definition) is 15. The fourth-order valence-corrected chi connectivity index (χ4v) is 15.0. The van der Waals surface area contributed by atoms with Crippen LogP contribution in [0.5, 0.6) is 0 Å². The number of rotatable bonds is 85. The molecular weight excluding hydrogens is 1370 g/mol. The van der Waals surface area contributed by atoms with Crippen molar-refractivity contribution in [1.82, 2.24) is 0 Å². The standard InChI is InChI=1S/C86H168O17P2/c1-7-9-11-13-14-15-16-17-18-19-20-21-22-23-28-31-37-42-47-52-58-65-71-86(91)103-82(75-97-84(89)69-63-57-51-46-41-36-30-27-25-24-26-29-34-39-44-49-55-60-66-78(3)4)77-101-105(94,95)99-73-80(87)72-98-104(92,93)100-76-81(74-96-83(88)68-62-54-12-10-8-2)102-85(90)70-64-59-53-48-43-38-33-32-35-40-45-50-56-61-67-79(5)6/h78-82,87H,7-77H2,1-6H3,(H,92,93)(H,94,95)/t80-,81+,82+/m0/s1. The van der Waals surface area contributed by atoms with Gasteiger partial charge in [0.2, 0.25) is 0 Å². The van der Waals surface area contributed by atoms with Crippen molar-refractivity contribution in [3.63, 3.8) is 0 Å². The number of carbonyl (C=O) groups is 4. The lowest BCUT2D eigenvalue weighted by Gasteiger charge is -2.21. The number of unbranched alkanes of at least 4 members (excludes halogenated alkanes) is 55. The molecule has 0 aromatic heterocycles. The van der Waals surface area contributed by atoms with Gasteiger partial charge in [-0.2, -0.15) is 0 Å². The minimum atomic E-state index is -4.96. The van der Waals surface area contributed by atoms with E-state index in [-0.39, 0.29) is 25.7 Å². The first-order valence-electron chi connectivity index (χ1n) is 44.5. The van der Waals surface area contributed by atoms with Crippen molar-refractivity contribution in [2.45, 2.75) is 477 Å². The average Bonchev–Trinajstić information content (AvgIpc) is 0.924. The molecule has 5 atom stereocenters. The van der Waals surface area contributed by atoms with Gasteiger partial charge in [-0.1, -0.05) is 408 Å². The Morgan fingerprint density at radius 1 is 0.257 bits per heavy atom. The first kappa shape index (κ1) is 103. The van der Waals surface area contributed by atoms with Crippen LogP contribution in [0.25, 0.3) is 0 Å². The molecule has 0 amide bonds. The fraction of sp³-hybridized carbons (Fsp3) is 0.953. The van der Waals surface area contributed by atoms with E-state index in [2.05, 4.69) is 41.5 Å². The summed E-state index contributed by atoms with van der Waals surface area (Å²) in [7, 11) is -9.92. The van der Waals surface area contributed by atoms with E-state index >= 15 is 0 Å². The van der Waals surface area contributed by atoms with E-state index in [1.54, 1.807) is 0 Å². The predicted octanol–water partition coefficient (Wildman–Crippen LogP) is 26.2. The molecule has 0 aliphatic heterocycles. The molecule has 3 N–H and O–H groups in total. The number of hydrogen-bond donors (Lipinski definition) is 3. The van der Waals surface area contributed by atoms with Crippen molar-refractivity contribution in [1.29, 1.82) is 0 Å². The highest BCUT2D eigenvalue weighted by molar-refractivity contribution is 7.47. The monoisotopic (exact) mass is 1540 g/mol. The number of phosphoric acid groups is 2. The average molecular weight is 1540 g/mol. The third kappa shape index (κ3) is 79.9. The molecular formula is C86H168O17P2. The van der Waals surface area contributed by atoms with Crippen molar-refractivity contribution in [3.05, 3.63) is 0 Å². The number of ether oxygens (including phenoxy) is 4. The van der Waals surface area contributed by atoms with E-state index in [0.717, 1.165) is 108 Å². The van der Waals surface area contributed by atoms with Crippen LogP contribution < -0.4 is 0 Å². The highest BCUT2D eigenvalue weighted by Gasteiger charge is 2.30. The molecule has 0 aliphatic rings. The van der Waals surface area contributed by atoms with E-state index in [0.29, 0.717) is 25.7 Å². The summed E-state index contributed by atoms with van der Waals surface area (Å²) >= 11 is 0. The molecule has 0 aliphatic carbocycles. The van der Waals surface area contributed by atoms with Gasteiger partial charge in [-0.3, -0.25) is 37.3 Å². The second-order valence-corrected chi connectivity index (χ2v) is 34.8. The molecule has 0 bridgehead atoms. The fourth-order valence-electron chi connectivity index (χ4n) is 13.4. The molecule has 19 heteroatoms. The first-order valence-corrected chi connectivity index (χ1v) is 47.5. The highest BCUT2D eigenvalue weighted by Crippen LogP contribution is 2.45. The Kier molecular flexibility index (Phi) is 76.0. The van der Waals surface area contributed by atoms with E-state index in [1.807, 2.05) is 0 Å². The molecule has 0 fully saturated rings. The number of phosphoric ester groups is 2.